The second kappa shape index (κ2) is 9.12. The minimum atomic E-state index is -0.375. The average molecular weight is 362 g/mol. The Kier molecular flexibility index (Phi) is 6.88. The van der Waals surface area contributed by atoms with E-state index in [0.29, 0.717) is 18.1 Å². The molecular formula is C17H22N4O3S. The van der Waals surface area contributed by atoms with Gasteiger partial charge >= 0.3 is 0 Å². The van der Waals surface area contributed by atoms with Gasteiger partial charge in [0.2, 0.25) is 11.8 Å². The van der Waals surface area contributed by atoms with Crippen LogP contribution in [0.5, 0.6) is 0 Å². The standard InChI is InChI=1S/C17H22N4O3S/c1-11-9-15(21-24-11)20-17(23)12(2)25-10-16(22)19-8-7-13-3-5-14(18)6-4-13/h3-6,9,12H,7-8,10,18H2,1-2H3,(H,19,22)(H,20,21,23). The van der Waals surface area contributed by atoms with E-state index in [2.05, 4.69) is 15.8 Å². The van der Waals surface area contributed by atoms with Crippen molar-refractivity contribution in [2.45, 2.75) is 25.5 Å². The summed E-state index contributed by atoms with van der Waals surface area (Å²) in [6, 6.07) is 9.19. The number of aryl methyl sites for hydroxylation is 1. The molecule has 1 aromatic carbocycles. The third kappa shape index (κ3) is 6.50. The molecule has 0 saturated carbocycles. The molecule has 1 unspecified atom stereocenters. The number of thioether (sulfide) groups is 1. The Hall–Kier alpha value is -2.48. The van der Waals surface area contributed by atoms with Crippen LogP contribution in [-0.2, 0) is 16.0 Å². The number of nitrogens with one attached hydrogen (secondary N) is 2. The molecule has 2 rings (SSSR count). The highest BCUT2D eigenvalue weighted by molar-refractivity contribution is 8.01. The lowest BCUT2D eigenvalue weighted by Gasteiger charge is -2.10. The quantitative estimate of drug-likeness (QED) is 0.620. The summed E-state index contributed by atoms with van der Waals surface area (Å²) in [5, 5.41) is 8.82. The number of carbonyl (C=O) groups excluding carboxylic acids is 2. The van der Waals surface area contributed by atoms with E-state index in [0.717, 1.165) is 17.7 Å². The third-order valence-electron chi connectivity index (χ3n) is 3.43. The molecule has 0 fully saturated rings. The molecular weight excluding hydrogens is 340 g/mol. The average Bonchev–Trinajstić information content (AvgIpc) is 2.99. The third-order valence-corrected chi connectivity index (χ3v) is 4.57. The van der Waals surface area contributed by atoms with Crippen LogP contribution in [0.1, 0.15) is 18.2 Å². The van der Waals surface area contributed by atoms with Crippen molar-refractivity contribution in [1.82, 2.24) is 10.5 Å². The summed E-state index contributed by atoms with van der Waals surface area (Å²) < 4.78 is 4.89. The first-order chi connectivity index (χ1) is 11.9. The number of nitrogens with two attached hydrogens (primary N) is 1. The Balaban J connectivity index is 1.64. The summed E-state index contributed by atoms with van der Waals surface area (Å²) in [4.78, 5) is 23.9. The van der Waals surface area contributed by atoms with E-state index in [9.17, 15) is 9.59 Å². The molecule has 2 amide bonds. The summed E-state index contributed by atoms with van der Waals surface area (Å²) in [6.45, 7) is 4.03. The van der Waals surface area contributed by atoms with Gasteiger partial charge in [-0.2, -0.15) is 0 Å². The Labute approximate surface area is 150 Å². The molecule has 0 bridgehead atoms. The van der Waals surface area contributed by atoms with Gasteiger partial charge in [-0.15, -0.1) is 11.8 Å². The summed E-state index contributed by atoms with van der Waals surface area (Å²) >= 11 is 1.27. The zero-order valence-corrected chi connectivity index (χ0v) is 15.1. The second-order valence-corrected chi connectivity index (χ2v) is 6.94. The first-order valence-corrected chi connectivity index (χ1v) is 8.96. The van der Waals surface area contributed by atoms with Gasteiger partial charge in [0.1, 0.15) is 5.76 Å². The summed E-state index contributed by atoms with van der Waals surface area (Å²) in [7, 11) is 0. The van der Waals surface area contributed by atoms with E-state index in [4.69, 9.17) is 10.3 Å². The summed E-state index contributed by atoms with van der Waals surface area (Å²) in [5.41, 5.74) is 7.46. The normalized spacial score (nSPS) is 11.8. The molecule has 1 aromatic heterocycles. The van der Waals surface area contributed by atoms with E-state index in [1.54, 1.807) is 19.9 Å². The molecule has 1 atom stereocenters. The minimum absolute atomic E-state index is 0.0997. The molecule has 0 saturated heterocycles. The van der Waals surface area contributed by atoms with Crippen LogP contribution < -0.4 is 16.4 Å². The fourth-order valence-corrected chi connectivity index (χ4v) is 2.72. The van der Waals surface area contributed by atoms with Gasteiger partial charge in [0, 0.05) is 18.3 Å². The topological polar surface area (TPSA) is 110 Å². The maximum Gasteiger partial charge on any atom is 0.238 e. The highest BCUT2D eigenvalue weighted by Crippen LogP contribution is 2.14. The molecule has 1 heterocycles. The van der Waals surface area contributed by atoms with E-state index >= 15 is 0 Å². The molecule has 25 heavy (non-hydrogen) atoms. The Morgan fingerprint density at radius 2 is 2.04 bits per heavy atom. The lowest BCUT2D eigenvalue weighted by Crippen LogP contribution is -2.30. The number of nitrogen functional groups attached to an aromatic ring is 1. The van der Waals surface area contributed by atoms with Crippen LogP contribution in [0, 0.1) is 6.92 Å². The lowest BCUT2D eigenvalue weighted by atomic mass is 10.1. The monoisotopic (exact) mass is 362 g/mol. The van der Waals surface area contributed by atoms with Gasteiger partial charge < -0.3 is 20.9 Å². The Morgan fingerprint density at radius 1 is 1.32 bits per heavy atom. The number of anilines is 2. The van der Waals surface area contributed by atoms with E-state index in [1.165, 1.54) is 11.8 Å². The van der Waals surface area contributed by atoms with Gasteiger partial charge in [-0.1, -0.05) is 17.3 Å². The zero-order valence-electron chi connectivity index (χ0n) is 14.2. The number of hydrogen-bond acceptors (Lipinski definition) is 6. The number of aromatic nitrogens is 1. The molecule has 134 valence electrons. The predicted octanol–water partition coefficient (Wildman–Crippen LogP) is 1.98. The Morgan fingerprint density at radius 3 is 2.68 bits per heavy atom. The second-order valence-electron chi connectivity index (χ2n) is 5.61. The fourth-order valence-electron chi connectivity index (χ4n) is 2.01. The molecule has 0 aliphatic carbocycles. The molecule has 8 heteroatoms. The first kappa shape index (κ1) is 18.9. The molecule has 0 radical (unpaired) electrons. The smallest absolute Gasteiger partial charge is 0.238 e. The Bertz CT molecular complexity index is 715. The van der Waals surface area contributed by atoms with Gasteiger partial charge in [0.15, 0.2) is 5.82 Å². The van der Waals surface area contributed by atoms with Gasteiger partial charge in [-0.05, 0) is 38.0 Å². The molecule has 4 N–H and O–H groups in total. The van der Waals surface area contributed by atoms with Crippen molar-refractivity contribution in [1.29, 1.82) is 0 Å². The van der Waals surface area contributed by atoms with Crippen LogP contribution in [0.4, 0.5) is 11.5 Å². The van der Waals surface area contributed by atoms with Crippen molar-refractivity contribution in [3.05, 3.63) is 41.7 Å². The fraction of sp³-hybridized carbons (Fsp3) is 0.353. The maximum atomic E-state index is 12.0. The van der Waals surface area contributed by atoms with Crippen molar-refractivity contribution in [2.24, 2.45) is 0 Å². The molecule has 0 spiro atoms. The highest BCUT2D eigenvalue weighted by atomic mass is 32.2. The van der Waals surface area contributed by atoms with Crippen LogP contribution in [-0.4, -0.2) is 34.5 Å². The van der Waals surface area contributed by atoms with E-state index in [-0.39, 0.29) is 22.8 Å². The van der Waals surface area contributed by atoms with Crippen LogP contribution >= 0.6 is 11.8 Å². The first-order valence-electron chi connectivity index (χ1n) is 7.91. The number of carbonyl (C=O) groups is 2. The van der Waals surface area contributed by atoms with Crippen LogP contribution in [0.15, 0.2) is 34.9 Å². The van der Waals surface area contributed by atoms with Crippen molar-refractivity contribution in [2.75, 3.05) is 23.3 Å². The van der Waals surface area contributed by atoms with Gasteiger partial charge in [0.25, 0.3) is 0 Å². The zero-order chi connectivity index (χ0) is 18.2. The SMILES string of the molecule is Cc1cc(NC(=O)C(C)SCC(=O)NCCc2ccc(N)cc2)no1. The number of amides is 2. The summed E-state index contributed by atoms with van der Waals surface area (Å²) in [6.07, 6.45) is 0.734. The molecule has 2 aromatic rings. The number of nitrogens with zero attached hydrogens (tertiary/aromatic N) is 1. The van der Waals surface area contributed by atoms with Crippen LogP contribution in [0.25, 0.3) is 0 Å². The van der Waals surface area contributed by atoms with Crippen molar-refractivity contribution in [3.8, 4) is 0 Å². The minimum Gasteiger partial charge on any atom is -0.399 e. The predicted molar refractivity (Wildman–Crippen MR) is 99.4 cm³/mol. The lowest BCUT2D eigenvalue weighted by molar-refractivity contribution is -0.118. The maximum absolute atomic E-state index is 12.0. The van der Waals surface area contributed by atoms with E-state index < -0.39 is 0 Å². The number of rotatable bonds is 8. The van der Waals surface area contributed by atoms with Crippen LogP contribution in [0.2, 0.25) is 0 Å². The summed E-state index contributed by atoms with van der Waals surface area (Å²) in [5.74, 6) is 0.901. The number of benzene rings is 1. The number of hydrogen-bond donors (Lipinski definition) is 3. The largest absolute Gasteiger partial charge is 0.399 e. The van der Waals surface area contributed by atoms with Crippen molar-refractivity contribution >= 4 is 35.1 Å². The van der Waals surface area contributed by atoms with Crippen molar-refractivity contribution < 1.29 is 14.1 Å². The van der Waals surface area contributed by atoms with E-state index in [1.807, 2.05) is 24.3 Å². The molecule has 0 aliphatic heterocycles. The van der Waals surface area contributed by atoms with Gasteiger partial charge in [-0.3, -0.25) is 9.59 Å². The van der Waals surface area contributed by atoms with Crippen molar-refractivity contribution in [3.63, 3.8) is 0 Å². The molecule has 0 aliphatic rings. The molecule has 7 nitrogen and oxygen atoms in total. The van der Waals surface area contributed by atoms with Crippen LogP contribution in [0.3, 0.4) is 0 Å². The van der Waals surface area contributed by atoms with Gasteiger partial charge in [-0.25, -0.2) is 0 Å². The van der Waals surface area contributed by atoms with Gasteiger partial charge in [0.05, 0.1) is 11.0 Å². The highest BCUT2D eigenvalue weighted by Gasteiger charge is 2.16.